The minimum atomic E-state index is -0.214. The van der Waals surface area contributed by atoms with Crippen molar-refractivity contribution >= 4 is 22.2 Å². The van der Waals surface area contributed by atoms with Gasteiger partial charge in [-0.2, -0.15) is 0 Å². The van der Waals surface area contributed by atoms with E-state index in [0.29, 0.717) is 12.5 Å². The lowest BCUT2D eigenvalue weighted by Gasteiger charge is -2.18. The van der Waals surface area contributed by atoms with E-state index in [1.54, 1.807) is 16.2 Å². The quantitative estimate of drug-likeness (QED) is 0.639. The van der Waals surface area contributed by atoms with Gasteiger partial charge in [0.05, 0.1) is 12.1 Å². The van der Waals surface area contributed by atoms with Crippen molar-refractivity contribution in [1.82, 2.24) is 25.1 Å². The fourth-order valence-corrected chi connectivity index (χ4v) is 4.29. The van der Waals surface area contributed by atoms with Crippen molar-refractivity contribution in [2.45, 2.75) is 37.8 Å². The molecule has 28 heavy (non-hydrogen) atoms. The van der Waals surface area contributed by atoms with Crippen LogP contribution in [-0.2, 0) is 11.2 Å². The molecule has 1 aliphatic rings. The largest absolute Gasteiger partial charge is 0.345 e. The van der Waals surface area contributed by atoms with E-state index in [2.05, 4.69) is 15.8 Å². The number of benzene rings is 1. The van der Waals surface area contributed by atoms with Crippen LogP contribution in [0.1, 0.15) is 36.6 Å². The maximum Gasteiger partial charge on any atom is 0.228 e. The van der Waals surface area contributed by atoms with E-state index in [0.717, 1.165) is 42.0 Å². The third kappa shape index (κ3) is 4.40. The molecule has 0 spiro atoms. The number of hydrazine groups is 1. The second-order valence-electron chi connectivity index (χ2n) is 7.28. The van der Waals surface area contributed by atoms with Crippen molar-refractivity contribution in [3.8, 4) is 0 Å². The number of hydrogen-bond acceptors (Lipinski definition) is 5. The Kier molecular flexibility index (Phi) is 5.70. The van der Waals surface area contributed by atoms with Gasteiger partial charge in [0.25, 0.3) is 0 Å². The number of amides is 1. The summed E-state index contributed by atoms with van der Waals surface area (Å²) in [6, 6.07) is 7.18. The lowest BCUT2D eigenvalue weighted by Crippen LogP contribution is -2.33. The van der Waals surface area contributed by atoms with Gasteiger partial charge in [0.1, 0.15) is 5.82 Å². The highest BCUT2D eigenvalue weighted by atomic mass is 32.1. The van der Waals surface area contributed by atoms with Gasteiger partial charge in [-0.05, 0) is 37.0 Å². The maximum absolute atomic E-state index is 13.1. The zero-order valence-corrected chi connectivity index (χ0v) is 16.6. The molecule has 0 saturated carbocycles. The Morgan fingerprint density at radius 1 is 1.36 bits per heavy atom. The van der Waals surface area contributed by atoms with Gasteiger partial charge >= 0.3 is 0 Å². The van der Waals surface area contributed by atoms with E-state index in [1.165, 1.54) is 12.1 Å². The molecular weight excluding hydrogens is 377 g/mol. The first-order valence-corrected chi connectivity index (χ1v) is 10.4. The molecule has 1 saturated heterocycles. The molecule has 3 aromatic rings. The van der Waals surface area contributed by atoms with Gasteiger partial charge < -0.3 is 4.90 Å². The molecule has 2 N–H and O–H groups in total. The number of nitrogens with one attached hydrogen (secondary N) is 2. The first-order chi connectivity index (χ1) is 13.6. The van der Waals surface area contributed by atoms with Gasteiger partial charge in [0.15, 0.2) is 4.96 Å². The Hall–Kier alpha value is -2.29. The molecule has 148 valence electrons. The molecule has 1 fully saturated rings. The van der Waals surface area contributed by atoms with Crippen LogP contribution in [0.25, 0.3) is 4.96 Å². The highest BCUT2D eigenvalue weighted by molar-refractivity contribution is 7.15. The summed E-state index contributed by atoms with van der Waals surface area (Å²) >= 11 is 1.57. The van der Waals surface area contributed by atoms with E-state index < -0.39 is 0 Å². The fraction of sp³-hybridized carbons (Fsp3) is 0.400. The van der Waals surface area contributed by atoms with Crippen LogP contribution in [0.4, 0.5) is 4.39 Å². The number of fused-ring (bicyclic) bond motifs is 1. The van der Waals surface area contributed by atoms with Crippen molar-refractivity contribution < 1.29 is 9.18 Å². The Morgan fingerprint density at radius 2 is 2.18 bits per heavy atom. The number of imidazole rings is 1. The molecule has 2 aromatic heterocycles. The molecule has 0 bridgehead atoms. The van der Waals surface area contributed by atoms with Crippen molar-refractivity contribution in [1.29, 1.82) is 0 Å². The van der Waals surface area contributed by atoms with E-state index >= 15 is 0 Å². The molecular formula is C20H24FN5OS. The summed E-state index contributed by atoms with van der Waals surface area (Å²) in [4.78, 5) is 19.6. The summed E-state index contributed by atoms with van der Waals surface area (Å²) in [5, 5.41) is 1.98. The zero-order valence-electron chi connectivity index (χ0n) is 15.8. The molecule has 1 aromatic carbocycles. The third-order valence-corrected chi connectivity index (χ3v) is 5.97. The molecule has 1 amide bonds. The molecule has 4 rings (SSSR count). The summed E-state index contributed by atoms with van der Waals surface area (Å²) < 4.78 is 15.0. The van der Waals surface area contributed by atoms with Crippen LogP contribution in [0.3, 0.4) is 0 Å². The fourth-order valence-electron chi connectivity index (χ4n) is 3.58. The highest BCUT2D eigenvalue weighted by Gasteiger charge is 2.24. The molecule has 2 atom stereocenters. The lowest BCUT2D eigenvalue weighted by molar-refractivity contribution is -0.129. The molecule has 8 heteroatoms. The minimum absolute atomic E-state index is 0.0902. The number of halogens is 1. The summed E-state index contributed by atoms with van der Waals surface area (Å²) in [6.45, 7) is 0.723. The smallest absolute Gasteiger partial charge is 0.228 e. The van der Waals surface area contributed by atoms with Crippen LogP contribution in [0.15, 0.2) is 42.0 Å². The van der Waals surface area contributed by atoms with Gasteiger partial charge in [0, 0.05) is 43.4 Å². The summed E-state index contributed by atoms with van der Waals surface area (Å²) in [5.74, 6) is -0.123. The van der Waals surface area contributed by atoms with Gasteiger partial charge in [-0.3, -0.25) is 20.0 Å². The number of carbonyl (C=O) groups excluding carboxylic acids is 1. The standard InChI is InChI=1S/C20H24FN5OS/c1-25(19(27)12-17-13-26-9-10-28-20(26)22-17)8-2-3-16-11-18(24-23-16)14-4-6-15(21)7-5-14/h4-7,9-10,13,16,18,23-24H,2-3,8,11-12H2,1H3. The normalized spacial score (nSPS) is 19.4. The molecule has 3 heterocycles. The van der Waals surface area contributed by atoms with Crippen LogP contribution in [0, 0.1) is 5.82 Å². The predicted octanol–water partition coefficient (Wildman–Crippen LogP) is 2.92. The first kappa shape index (κ1) is 19.0. The predicted molar refractivity (Wildman–Crippen MR) is 107 cm³/mol. The van der Waals surface area contributed by atoms with Crippen LogP contribution in [0.5, 0.6) is 0 Å². The molecule has 0 aliphatic carbocycles. The Morgan fingerprint density at radius 3 is 2.96 bits per heavy atom. The van der Waals surface area contributed by atoms with Crippen molar-refractivity contribution in [3.05, 3.63) is 59.1 Å². The van der Waals surface area contributed by atoms with Crippen LogP contribution >= 0.6 is 11.3 Å². The number of carbonyl (C=O) groups is 1. The number of nitrogens with zero attached hydrogens (tertiary/aromatic N) is 3. The van der Waals surface area contributed by atoms with E-state index in [4.69, 9.17) is 0 Å². The van der Waals surface area contributed by atoms with Crippen molar-refractivity contribution in [2.24, 2.45) is 0 Å². The van der Waals surface area contributed by atoms with Crippen LogP contribution in [-0.4, -0.2) is 39.8 Å². The van der Waals surface area contributed by atoms with Gasteiger partial charge in [-0.1, -0.05) is 12.1 Å². The van der Waals surface area contributed by atoms with Crippen molar-refractivity contribution in [3.63, 3.8) is 0 Å². The van der Waals surface area contributed by atoms with Crippen LogP contribution < -0.4 is 10.9 Å². The minimum Gasteiger partial charge on any atom is -0.345 e. The monoisotopic (exact) mass is 401 g/mol. The average Bonchev–Trinajstić information content (AvgIpc) is 3.38. The average molecular weight is 402 g/mol. The SMILES string of the molecule is CN(CCCC1CC(c2ccc(F)cc2)NN1)C(=O)Cc1cn2ccsc2n1. The number of rotatable bonds is 7. The summed E-state index contributed by atoms with van der Waals surface area (Å²) in [5.41, 5.74) is 8.50. The van der Waals surface area contributed by atoms with E-state index in [9.17, 15) is 9.18 Å². The number of hydrogen-bond donors (Lipinski definition) is 2. The summed E-state index contributed by atoms with van der Waals surface area (Å²) in [6.07, 6.45) is 7.06. The Balaban J connectivity index is 1.19. The third-order valence-electron chi connectivity index (χ3n) is 5.20. The highest BCUT2D eigenvalue weighted by Crippen LogP contribution is 2.24. The Labute approximate surface area is 167 Å². The Bertz CT molecular complexity index is 909. The topological polar surface area (TPSA) is 61.7 Å². The van der Waals surface area contributed by atoms with Gasteiger partial charge in [-0.25, -0.2) is 9.37 Å². The summed E-state index contributed by atoms with van der Waals surface area (Å²) in [7, 11) is 1.85. The maximum atomic E-state index is 13.1. The number of thiazole rings is 1. The first-order valence-electron chi connectivity index (χ1n) is 9.50. The second kappa shape index (κ2) is 8.38. The van der Waals surface area contributed by atoms with E-state index in [-0.39, 0.29) is 17.8 Å². The molecule has 1 aliphatic heterocycles. The van der Waals surface area contributed by atoms with Gasteiger partial charge in [-0.15, -0.1) is 11.3 Å². The number of likely N-dealkylation sites (N-methyl/N-ethyl adjacent to an activating group) is 1. The van der Waals surface area contributed by atoms with Crippen molar-refractivity contribution in [2.75, 3.05) is 13.6 Å². The lowest BCUT2D eigenvalue weighted by atomic mass is 9.99. The second-order valence-corrected chi connectivity index (χ2v) is 8.16. The molecule has 2 unspecified atom stereocenters. The van der Waals surface area contributed by atoms with Gasteiger partial charge in [0.2, 0.25) is 5.91 Å². The number of aromatic nitrogens is 2. The van der Waals surface area contributed by atoms with Crippen LogP contribution in [0.2, 0.25) is 0 Å². The zero-order chi connectivity index (χ0) is 19.5. The molecule has 0 radical (unpaired) electrons. The molecule has 6 nitrogen and oxygen atoms in total. The van der Waals surface area contributed by atoms with E-state index in [1.807, 2.05) is 41.4 Å².